The van der Waals surface area contributed by atoms with Gasteiger partial charge in [0.15, 0.2) is 0 Å². The zero-order valence-corrected chi connectivity index (χ0v) is 27.3. The first kappa shape index (κ1) is 31.5. The lowest BCUT2D eigenvalue weighted by Crippen LogP contribution is -2.49. The van der Waals surface area contributed by atoms with E-state index < -0.39 is 5.60 Å². The number of carbonyl (C=O) groups is 1. The Balaban J connectivity index is 1.10. The Labute approximate surface area is 273 Å². The number of benzene rings is 3. The highest BCUT2D eigenvalue weighted by Crippen LogP contribution is 2.43. The average Bonchev–Trinajstić information content (AvgIpc) is 3.07. The van der Waals surface area contributed by atoms with Crippen molar-refractivity contribution < 1.29 is 19.0 Å². The van der Waals surface area contributed by atoms with E-state index in [2.05, 4.69) is 41.3 Å². The first-order chi connectivity index (χ1) is 22.3. The molecule has 2 fully saturated rings. The summed E-state index contributed by atoms with van der Waals surface area (Å²) in [5, 5.41) is 0. The maximum Gasteiger partial charge on any atom is 0.410 e. The standard InChI is InChI=1S/C39H45N3O4/c1-38(2,3)46-37(43)42-26-22-39(23-27-42)20-24-41(25-21-39)33-16-14-32(15-17-33)34-18-19-35(44-28-30-10-6-4-7-11-30)40-36(34)45-29-31-12-8-5-9-13-31/h4-19H,20-29H2,1-3H3. The normalized spacial score (nSPS) is 16.2. The summed E-state index contributed by atoms with van der Waals surface area (Å²) >= 11 is 0. The van der Waals surface area contributed by atoms with Crippen molar-refractivity contribution in [2.24, 2.45) is 5.41 Å². The Hall–Kier alpha value is -4.52. The molecule has 0 unspecified atom stereocenters. The fourth-order valence-corrected chi connectivity index (χ4v) is 6.37. The van der Waals surface area contributed by atoms with Crippen LogP contribution in [0.1, 0.15) is 57.6 Å². The third-order valence-corrected chi connectivity index (χ3v) is 9.13. The van der Waals surface area contributed by atoms with Crippen LogP contribution in [0.2, 0.25) is 0 Å². The minimum absolute atomic E-state index is 0.182. The van der Waals surface area contributed by atoms with Crippen LogP contribution in [0.5, 0.6) is 11.8 Å². The van der Waals surface area contributed by atoms with E-state index in [1.807, 2.05) is 86.3 Å². The number of anilines is 1. The summed E-state index contributed by atoms with van der Waals surface area (Å²) in [5.41, 5.74) is 5.25. The SMILES string of the molecule is CC(C)(C)OC(=O)N1CCC2(CC1)CCN(c1ccc(-c3ccc(OCc4ccccc4)nc3OCc3ccccc3)cc1)CC2. The lowest BCUT2D eigenvalue weighted by molar-refractivity contribution is 0.00666. The van der Waals surface area contributed by atoms with Crippen LogP contribution in [0, 0.1) is 5.41 Å². The number of likely N-dealkylation sites (tertiary alicyclic amines) is 1. The molecule has 0 radical (unpaired) electrons. The number of hydrogen-bond donors (Lipinski definition) is 0. The van der Waals surface area contributed by atoms with Gasteiger partial charge in [0.2, 0.25) is 11.8 Å². The lowest BCUT2D eigenvalue weighted by atomic mass is 9.71. The van der Waals surface area contributed by atoms with Crippen LogP contribution in [0.3, 0.4) is 0 Å². The van der Waals surface area contributed by atoms with Gasteiger partial charge in [0.05, 0.1) is 0 Å². The van der Waals surface area contributed by atoms with Gasteiger partial charge in [-0.15, -0.1) is 0 Å². The molecule has 0 N–H and O–H groups in total. The summed E-state index contributed by atoms with van der Waals surface area (Å²) in [6, 6.07) is 32.9. The van der Waals surface area contributed by atoms with Crippen LogP contribution >= 0.6 is 0 Å². The van der Waals surface area contributed by atoms with Crippen molar-refractivity contribution in [3.05, 3.63) is 108 Å². The molecule has 6 rings (SSSR count). The number of amides is 1. The van der Waals surface area contributed by atoms with Crippen molar-refractivity contribution in [3.63, 3.8) is 0 Å². The Morgan fingerprint density at radius 3 is 1.87 bits per heavy atom. The van der Waals surface area contributed by atoms with Gasteiger partial charge in [-0.05, 0) is 86.8 Å². The van der Waals surface area contributed by atoms with E-state index in [-0.39, 0.29) is 6.09 Å². The first-order valence-corrected chi connectivity index (χ1v) is 16.4. The van der Waals surface area contributed by atoms with Crippen molar-refractivity contribution in [2.45, 2.75) is 65.3 Å². The Bertz CT molecular complexity index is 1570. The van der Waals surface area contributed by atoms with Gasteiger partial charge in [0, 0.05) is 43.5 Å². The zero-order valence-electron chi connectivity index (χ0n) is 27.3. The van der Waals surface area contributed by atoms with Gasteiger partial charge in [0.1, 0.15) is 18.8 Å². The van der Waals surface area contributed by atoms with E-state index in [4.69, 9.17) is 19.2 Å². The molecule has 1 amide bonds. The Morgan fingerprint density at radius 2 is 1.28 bits per heavy atom. The summed E-state index contributed by atoms with van der Waals surface area (Å²) in [7, 11) is 0. The fourth-order valence-electron chi connectivity index (χ4n) is 6.37. The minimum atomic E-state index is -0.458. The highest BCUT2D eigenvalue weighted by atomic mass is 16.6. The smallest absolute Gasteiger partial charge is 0.410 e. The van der Waals surface area contributed by atoms with Gasteiger partial charge < -0.3 is 24.0 Å². The molecule has 0 saturated carbocycles. The maximum absolute atomic E-state index is 12.6. The van der Waals surface area contributed by atoms with Gasteiger partial charge in [0.25, 0.3) is 0 Å². The molecular weight excluding hydrogens is 574 g/mol. The van der Waals surface area contributed by atoms with E-state index in [9.17, 15) is 4.79 Å². The van der Waals surface area contributed by atoms with Crippen molar-refractivity contribution >= 4 is 11.8 Å². The average molecular weight is 620 g/mol. The third kappa shape index (κ3) is 8.00. The molecule has 240 valence electrons. The van der Waals surface area contributed by atoms with Crippen LogP contribution in [0.4, 0.5) is 10.5 Å². The number of pyridine rings is 1. The number of hydrogen-bond acceptors (Lipinski definition) is 6. The molecule has 1 aromatic heterocycles. The maximum atomic E-state index is 12.6. The van der Waals surface area contributed by atoms with Crippen molar-refractivity contribution in [3.8, 4) is 22.9 Å². The molecule has 0 bridgehead atoms. The van der Waals surface area contributed by atoms with Crippen LogP contribution < -0.4 is 14.4 Å². The van der Waals surface area contributed by atoms with Crippen molar-refractivity contribution in [2.75, 3.05) is 31.1 Å². The molecule has 3 aromatic carbocycles. The molecule has 1 spiro atoms. The second kappa shape index (κ2) is 13.9. The molecule has 0 atom stereocenters. The second-order valence-corrected chi connectivity index (χ2v) is 13.6. The monoisotopic (exact) mass is 619 g/mol. The molecule has 2 aliphatic rings. The summed E-state index contributed by atoms with van der Waals surface area (Å²) in [4.78, 5) is 21.7. The van der Waals surface area contributed by atoms with Gasteiger partial charge >= 0.3 is 6.09 Å². The molecule has 0 aliphatic carbocycles. The predicted octanol–water partition coefficient (Wildman–Crippen LogP) is 8.52. The van der Waals surface area contributed by atoms with Gasteiger partial charge in [-0.1, -0.05) is 72.8 Å². The van der Waals surface area contributed by atoms with Crippen molar-refractivity contribution in [1.29, 1.82) is 0 Å². The fraction of sp³-hybridized carbons (Fsp3) is 0.385. The third-order valence-electron chi connectivity index (χ3n) is 9.13. The Kier molecular flexibility index (Phi) is 9.48. The summed E-state index contributed by atoms with van der Waals surface area (Å²) in [6.07, 6.45) is 4.19. The molecule has 46 heavy (non-hydrogen) atoms. The van der Waals surface area contributed by atoms with Gasteiger partial charge in [-0.3, -0.25) is 0 Å². The molecule has 7 heteroatoms. The molecule has 4 aromatic rings. The summed E-state index contributed by atoms with van der Waals surface area (Å²) < 4.78 is 17.9. The largest absolute Gasteiger partial charge is 0.473 e. The van der Waals surface area contributed by atoms with E-state index in [1.54, 1.807) is 0 Å². The van der Waals surface area contributed by atoms with Gasteiger partial charge in [-0.2, -0.15) is 4.98 Å². The highest BCUT2D eigenvalue weighted by Gasteiger charge is 2.39. The van der Waals surface area contributed by atoms with E-state index in [0.29, 0.717) is 30.4 Å². The summed E-state index contributed by atoms with van der Waals surface area (Å²) in [6.45, 7) is 10.2. The van der Waals surface area contributed by atoms with Crippen LogP contribution in [-0.4, -0.2) is 47.8 Å². The first-order valence-electron chi connectivity index (χ1n) is 16.4. The number of aromatic nitrogens is 1. The number of carbonyl (C=O) groups excluding carboxylic acids is 1. The van der Waals surface area contributed by atoms with E-state index >= 15 is 0 Å². The minimum Gasteiger partial charge on any atom is -0.473 e. The lowest BCUT2D eigenvalue weighted by Gasteiger charge is -2.47. The highest BCUT2D eigenvalue weighted by molar-refractivity contribution is 5.71. The van der Waals surface area contributed by atoms with Gasteiger partial charge in [-0.25, -0.2) is 4.79 Å². The van der Waals surface area contributed by atoms with E-state index in [1.165, 1.54) is 5.69 Å². The molecule has 3 heterocycles. The molecule has 2 saturated heterocycles. The Morgan fingerprint density at radius 1 is 0.717 bits per heavy atom. The molecular formula is C39H45N3O4. The van der Waals surface area contributed by atoms with Crippen LogP contribution in [0.15, 0.2) is 97.1 Å². The number of piperidine rings is 2. The number of ether oxygens (including phenoxy) is 3. The predicted molar refractivity (Wildman–Crippen MR) is 182 cm³/mol. The summed E-state index contributed by atoms with van der Waals surface area (Å²) in [5.74, 6) is 1.09. The van der Waals surface area contributed by atoms with E-state index in [0.717, 1.165) is 74.1 Å². The topological polar surface area (TPSA) is 64.1 Å². The van der Waals surface area contributed by atoms with Crippen LogP contribution in [0.25, 0.3) is 11.1 Å². The van der Waals surface area contributed by atoms with Crippen LogP contribution in [-0.2, 0) is 18.0 Å². The molecule has 2 aliphatic heterocycles. The zero-order chi connectivity index (χ0) is 32.0. The molecule has 7 nitrogen and oxygen atoms in total. The number of rotatable bonds is 8. The van der Waals surface area contributed by atoms with Crippen molar-refractivity contribution in [1.82, 2.24) is 9.88 Å². The quantitative estimate of drug-likeness (QED) is 0.197. The second-order valence-electron chi connectivity index (χ2n) is 13.6. The number of nitrogens with zero attached hydrogens (tertiary/aromatic N) is 3.